The quantitative estimate of drug-likeness (QED) is 0.849. The fraction of sp³-hybridized carbons (Fsp3) is 0.0714. The van der Waals surface area contributed by atoms with Gasteiger partial charge >= 0.3 is 0 Å². The van der Waals surface area contributed by atoms with E-state index in [-0.39, 0.29) is 16.2 Å². The fourth-order valence-electron chi connectivity index (χ4n) is 1.68. The molecule has 104 valence electrons. The molecule has 2 aromatic carbocycles. The minimum absolute atomic E-state index is 0.0263. The summed E-state index contributed by atoms with van der Waals surface area (Å²) in [7, 11) is 1.48. The number of benzene rings is 2. The minimum Gasteiger partial charge on any atom is -0.497 e. The summed E-state index contributed by atoms with van der Waals surface area (Å²) in [6.07, 6.45) is 0. The monoisotopic (exact) mass is 294 g/mol. The van der Waals surface area contributed by atoms with E-state index in [1.54, 1.807) is 6.07 Å². The first-order valence-electron chi connectivity index (χ1n) is 5.71. The van der Waals surface area contributed by atoms with Crippen molar-refractivity contribution in [2.75, 3.05) is 12.4 Å². The molecule has 0 saturated carbocycles. The summed E-state index contributed by atoms with van der Waals surface area (Å²) in [6.45, 7) is 0. The largest absolute Gasteiger partial charge is 0.497 e. The van der Waals surface area contributed by atoms with Crippen LogP contribution >= 0.6 is 12.2 Å². The zero-order chi connectivity index (χ0) is 14.7. The average molecular weight is 294 g/mol. The molecule has 2 aromatic rings. The molecule has 3 N–H and O–H groups in total. The van der Waals surface area contributed by atoms with Crippen LogP contribution in [-0.4, -0.2) is 12.1 Å². The summed E-state index contributed by atoms with van der Waals surface area (Å²) in [5.41, 5.74) is 6.09. The lowest BCUT2D eigenvalue weighted by molar-refractivity contribution is 0.414. The molecule has 0 saturated heterocycles. The summed E-state index contributed by atoms with van der Waals surface area (Å²) < 4.78 is 32.4. The number of ether oxygens (including phenoxy) is 1. The number of hydrogen-bond donors (Lipinski definition) is 2. The molecule has 0 amide bonds. The van der Waals surface area contributed by atoms with Crippen molar-refractivity contribution in [3.8, 4) is 5.75 Å². The van der Waals surface area contributed by atoms with E-state index in [4.69, 9.17) is 22.7 Å². The minimum atomic E-state index is -0.564. The molecule has 0 aromatic heterocycles. The molecule has 0 aliphatic carbocycles. The maximum absolute atomic E-state index is 13.7. The van der Waals surface area contributed by atoms with Gasteiger partial charge in [-0.15, -0.1) is 0 Å². The summed E-state index contributed by atoms with van der Waals surface area (Å²) >= 11 is 4.72. The standard InChI is InChI=1S/C14H12F2N2OS/c1-19-9-3-5-11(15)13(7-9)18-8-2-4-10(14(17)20)12(16)6-8/h2-7,18H,1H3,(H2,17,20). The molecule has 0 fully saturated rings. The normalized spacial score (nSPS) is 10.2. The summed E-state index contributed by atoms with van der Waals surface area (Å²) in [4.78, 5) is -0.0263. The second-order valence-corrected chi connectivity index (χ2v) is 4.47. The van der Waals surface area contributed by atoms with E-state index in [0.717, 1.165) is 0 Å². The first-order valence-corrected chi connectivity index (χ1v) is 6.12. The summed E-state index contributed by atoms with van der Waals surface area (Å²) in [5.74, 6) is -0.537. The molecule has 3 nitrogen and oxygen atoms in total. The molecule has 6 heteroatoms. The predicted molar refractivity (Wildman–Crippen MR) is 78.5 cm³/mol. The van der Waals surface area contributed by atoms with Gasteiger partial charge in [0.15, 0.2) is 0 Å². The Morgan fingerprint density at radius 3 is 2.50 bits per heavy atom. The second-order valence-electron chi connectivity index (χ2n) is 4.03. The van der Waals surface area contributed by atoms with E-state index >= 15 is 0 Å². The second kappa shape index (κ2) is 5.83. The summed E-state index contributed by atoms with van der Waals surface area (Å²) in [6, 6.07) is 8.45. The van der Waals surface area contributed by atoms with Crippen LogP contribution in [0.15, 0.2) is 36.4 Å². The van der Waals surface area contributed by atoms with E-state index in [2.05, 4.69) is 5.32 Å². The highest BCUT2D eigenvalue weighted by Crippen LogP contribution is 2.25. The van der Waals surface area contributed by atoms with Crippen LogP contribution in [0.1, 0.15) is 5.56 Å². The van der Waals surface area contributed by atoms with Gasteiger partial charge in [0.2, 0.25) is 0 Å². The van der Waals surface area contributed by atoms with Crippen molar-refractivity contribution in [3.05, 3.63) is 53.6 Å². The molecule has 0 aliphatic heterocycles. The van der Waals surface area contributed by atoms with Crippen LogP contribution in [0.2, 0.25) is 0 Å². The fourth-order valence-corrected chi connectivity index (χ4v) is 1.84. The third-order valence-corrected chi connectivity index (χ3v) is 2.91. The Bertz CT molecular complexity index is 662. The van der Waals surface area contributed by atoms with Crippen LogP contribution in [0.4, 0.5) is 20.2 Å². The Hall–Kier alpha value is -2.21. The first kappa shape index (κ1) is 14.2. The van der Waals surface area contributed by atoms with Crippen LogP contribution < -0.4 is 15.8 Å². The lowest BCUT2D eigenvalue weighted by atomic mass is 10.2. The van der Waals surface area contributed by atoms with Crippen LogP contribution in [0.25, 0.3) is 0 Å². The maximum Gasteiger partial charge on any atom is 0.146 e. The number of nitrogens with one attached hydrogen (secondary N) is 1. The van der Waals surface area contributed by atoms with Crippen molar-refractivity contribution >= 4 is 28.6 Å². The Balaban J connectivity index is 2.30. The van der Waals surface area contributed by atoms with Crippen molar-refractivity contribution < 1.29 is 13.5 Å². The van der Waals surface area contributed by atoms with Gasteiger partial charge in [-0.1, -0.05) is 12.2 Å². The highest BCUT2D eigenvalue weighted by molar-refractivity contribution is 7.80. The molecule has 0 heterocycles. The van der Waals surface area contributed by atoms with Gasteiger partial charge in [0.1, 0.15) is 22.4 Å². The molecular weight excluding hydrogens is 282 g/mol. The van der Waals surface area contributed by atoms with E-state index < -0.39 is 11.6 Å². The molecule has 0 bridgehead atoms. The predicted octanol–water partition coefficient (Wildman–Crippen LogP) is 3.35. The molecule has 0 aliphatic rings. The Morgan fingerprint density at radius 1 is 1.15 bits per heavy atom. The Labute approximate surface area is 120 Å². The number of anilines is 2. The van der Waals surface area contributed by atoms with Gasteiger partial charge in [-0.3, -0.25) is 0 Å². The Kier molecular flexibility index (Phi) is 4.14. The van der Waals surface area contributed by atoms with Gasteiger partial charge in [-0.25, -0.2) is 8.78 Å². The van der Waals surface area contributed by atoms with Gasteiger partial charge in [0.05, 0.1) is 12.8 Å². The zero-order valence-electron chi connectivity index (χ0n) is 10.6. The highest BCUT2D eigenvalue weighted by Gasteiger charge is 2.08. The van der Waals surface area contributed by atoms with E-state index in [9.17, 15) is 8.78 Å². The maximum atomic E-state index is 13.7. The van der Waals surface area contributed by atoms with Gasteiger partial charge < -0.3 is 15.8 Å². The summed E-state index contributed by atoms with van der Waals surface area (Å²) in [5, 5.41) is 2.77. The van der Waals surface area contributed by atoms with Gasteiger partial charge in [0, 0.05) is 17.3 Å². The molecular formula is C14H12F2N2OS. The van der Waals surface area contributed by atoms with Crippen LogP contribution in [0.3, 0.4) is 0 Å². The lowest BCUT2D eigenvalue weighted by Crippen LogP contribution is -2.11. The molecule has 0 radical (unpaired) electrons. The van der Waals surface area contributed by atoms with E-state index in [0.29, 0.717) is 11.4 Å². The Morgan fingerprint density at radius 2 is 1.90 bits per heavy atom. The van der Waals surface area contributed by atoms with Gasteiger partial charge in [0.25, 0.3) is 0 Å². The van der Waals surface area contributed by atoms with Gasteiger partial charge in [-0.05, 0) is 30.3 Å². The highest BCUT2D eigenvalue weighted by atomic mass is 32.1. The lowest BCUT2D eigenvalue weighted by Gasteiger charge is -2.10. The third-order valence-electron chi connectivity index (χ3n) is 2.69. The third kappa shape index (κ3) is 3.03. The number of rotatable bonds is 4. The van der Waals surface area contributed by atoms with Crippen molar-refractivity contribution in [2.45, 2.75) is 0 Å². The number of thiocarbonyl (C=S) groups is 1. The molecule has 2 rings (SSSR count). The number of halogens is 2. The topological polar surface area (TPSA) is 47.3 Å². The van der Waals surface area contributed by atoms with Crippen LogP contribution in [-0.2, 0) is 0 Å². The molecule has 0 atom stereocenters. The van der Waals surface area contributed by atoms with E-state index in [1.807, 2.05) is 0 Å². The van der Waals surface area contributed by atoms with Crippen LogP contribution in [0, 0.1) is 11.6 Å². The number of hydrogen-bond acceptors (Lipinski definition) is 3. The number of nitrogens with two attached hydrogens (primary N) is 1. The smallest absolute Gasteiger partial charge is 0.146 e. The van der Waals surface area contributed by atoms with Crippen molar-refractivity contribution in [3.63, 3.8) is 0 Å². The van der Waals surface area contributed by atoms with Crippen molar-refractivity contribution in [1.29, 1.82) is 0 Å². The molecule has 0 unspecified atom stereocenters. The van der Waals surface area contributed by atoms with Crippen LogP contribution in [0.5, 0.6) is 5.75 Å². The average Bonchev–Trinajstić information content (AvgIpc) is 2.41. The number of methoxy groups -OCH3 is 1. The SMILES string of the molecule is COc1ccc(F)c(Nc2ccc(C(N)=S)c(F)c2)c1. The molecule has 20 heavy (non-hydrogen) atoms. The first-order chi connectivity index (χ1) is 9.51. The van der Waals surface area contributed by atoms with E-state index in [1.165, 1.54) is 37.4 Å². The molecule has 0 spiro atoms. The van der Waals surface area contributed by atoms with Crippen molar-refractivity contribution in [2.24, 2.45) is 5.73 Å². The van der Waals surface area contributed by atoms with Gasteiger partial charge in [-0.2, -0.15) is 0 Å². The van der Waals surface area contributed by atoms with Crippen molar-refractivity contribution in [1.82, 2.24) is 0 Å². The zero-order valence-corrected chi connectivity index (χ0v) is 11.4.